The van der Waals surface area contributed by atoms with E-state index < -0.39 is 9.84 Å². The van der Waals surface area contributed by atoms with Crippen LogP contribution in [0.25, 0.3) is 27.7 Å². The van der Waals surface area contributed by atoms with Crippen LogP contribution in [-0.2, 0) is 9.84 Å². The molecule has 2 N–H and O–H groups in total. The summed E-state index contributed by atoms with van der Waals surface area (Å²) in [5.41, 5.74) is 10.7. The molecule has 0 saturated carbocycles. The van der Waals surface area contributed by atoms with Crippen LogP contribution in [0.2, 0.25) is 0 Å². The van der Waals surface area contributed by atoms with Crippen LogP contribution in [-0.4, -0.2) is 52.6 Å². The first-order valence-corrected chi connectivity index (χ1v) is 12.1. The van der Waals surface area contributed by atoms with Gasteiger partial charge in [-0.1, -0.05) is 11.6 Å². The van der Waals surface area contributed by atoms with Crippen LogP contribution >= 0.6 is 15.9 Å². The summed E-state index contributed by atoms with van der Waals surface area (Å²) in [6.07, 6.45) is 3.54. The number of anilines is 2. The van der Waals surface area contributed by atoms with E-state index in [1.165, 1.54) is 0 Å². The monoisotopic (exact) mass is 486 g/mol. The third kappa shape index (κ3) is 3.20. The number of benzene rings is 1. The maximum Gasteiger partial charge on any atom is 0.167 e. The van der Waals surface area contributed by atoms with E-state index in [0.29, 0.717) is 34.8 Å². The van der Waals surface area contributed by atoms with Crippen molar-refractivity contribution >= 4 is 54.0 Å². The van der Waals surface area contributed by atoms with Crippen molar-refractivity contribution in [2.24, 2.45) is 0 Å². The minimum atomic E-state index is -3.00. The second kappa shape index (κ2) is 6.92. The molecule has 0 radical (unpaired) electrons. The summed E-state index contributed by atoms with van der Waals surface area (Å²) < 4.78 is 25.8. The number of fused-ring (bicyclic) bond motifs is 2. The lowest BCUT2D eigenvalue weighted by atomic mass is 10.1. The van der Waals surface area contributed by atoms with Gasteiger partial charge in [0, 0.05) is 35.8 Å². The van der Waals surface area contributed by atoms with Crippen LogP contribution in [0.15, 0.2) is 41.1 Å². The molecule has 30 heavy (non-hydrogen) atoms. The Morgan fingerprint density at radius 2 is 1.90 bits per heavy atom. The number of hydrogen-bond donors (Lipinski definition) is 1. The molecular weight excluding hydrogens is 468 g/mol. The smallest absolute Gasteiger partial charge is 0.167 e. The molecule has 1 aromatic carbocycles. The Morgan fingerprint density at radius 3 is 2.67 bits per heavy atom. The molecule has 0 unspecified atom stereocenters. The Labute approximate surface area is 181 Å². The summed E-state index contributed by atoms with van der Waals surface area (Å²) in [6, 6.07) is 8.20. The summed E-state index contributed by atoms with van der Waals surface area (Å²) >= 11 is 3.52. The van der Waals surface area contributed by atoms with Gasteiger partial charge in [-0.3, -0.25) is 4.98 Å². The van der Waals surface area contributed by atoms with Crippen LogP contribution in [0.1, 0.15) is 5.56 Å². The number of sulfone groups is 1. The molecule has 3 aromatic heterocycles. The fraction of sp³-hybridized carbons (Fsp3) is 0.250. The first-order chi connectivity index (χ1) is 14.3. The zero-order valence-corrected chi connectivity index (χ0v) is 18.6. The molecule has 1 saturated heterocycles. The molecule has 0 atom stereocenters. The van der Waals surface area contributed by atoms with Crippen molar-refractivity contribution in [3.63, 3.8) is 0 Å². The molecule has 4 aromatic rings. The predicted octanol–water partition coefficient (Wildman–Crippen LogP) is 2.83. The molecule has 154 valence electrons. The number of hydrogen-bond acceptors (Lipinski definition) is 7. The number of aromatic nitrogens is 4. The van der Waals surface area contributed by atoms with Crippen molar-refractivity contribution in [3.05, 3.63) is 46.7 Å². The lowest BCUT2D eigenvalue weighted by Gasteiger charge is -2.28. The fourth-order valence-electron chi connectivity index (χ4n) is 3.72. The van der Waals surface area contributed by atoms with E-state index in [9.17, 15) is 8.42 Å². The SMILES string of the molecule is Cc1ccc2ncc(-c3cnn4c(N)c(Br)c(N5CCS(=O)(=O)CC5)nc34)cc2c1. The van der Waals surface area contributed by atoms with Gasteiger partial charge in [0.1, 0.15) is 16.1 Å². The second-order valence-electron chi connectivity index (χ2n) is 7.49. The molecule has 0 spiro atoms. The first kappa shape index (κ1) is 19.3. The molecule has 0 amide bonds. The summed E-state index contributed by atoms with van der Waals surface area (Å²) in [5, 5.41) is 5.46. The van der Waals surface area contributed by atoms with E-state index in [0.717, 1.165) is 27.6 Å². The molecule has 1 aliphatic rings. The second-order valence-corrected chi connectivity index (χ2v) is 10.6. The molecule has 10 heteroatoms. The number of nitrogen functional groups attached to an aromatic ring is 1. The summed E-state index contributed by atoms with van der Waals surface area (Å²) in [5.74, 6) is 1.25. The van der Waals surface area contributed by atoms with Crippen LogP contribution in [0.4, 0.5) is 11.6 Å². The summed E-state index contributed by atoms with van der Waals surface area (Å²) in [6.45, 7) is 2.81. The zero-order chi connectivity index (χ0) is 21.0. The zero-order valence-electron chi connectivity index (χ0n) is 16.2. The van der Waals surface area contributed by atoms with Crippen LogP contribution < -0.4 is 10.6 Å². The van der Waals surface area contributed by atoms with Gasteiger partial charge in [0.25, 0.3) is 0 Å². The van der Waals surface area contributed by atoms with Crippen LogP contribution in [0.5, 0.6) is 0 Å². The van der Waals surface area contributed by atoms with E-state index in [-0.39, 0.29) is 11.5 Å². The number of nitrogens with two attached hydrogens (primary N) is 1. The molecule has 1 fully saturated rings. The molecule has 5 rings (SSSR count). The van der Waals surface area contributed by atoms with Gasteiger partial charge in [0.15, 0.2) is 15.5 Å². The minimum Gasteiger partial charge on any atom is -0.383 e. The first-order valence-electron chi connectivity index (χ1n) is 9.47. The third-order valence-electron chi connectivity index (χ3n) is 5.40. The third-order valence-corrected chi connectivity index (χ3v) is 7.77. The van der Waals surface area contributed by atoms with E-state index in [1.54, 1.807) is 10.7 Å². The summed E-state index contributed by atoms with van der Waals surface area (Å²) in [7, 11) is -3.00. The minimum absolute atomic E-state index is 0.103. The standard InChI is InChI=1S/C20H19BrN6O2S/c1-12-2-3-16-13(8-12)9-14(10-23-16)15-11-24-27-18(22)17(21)20(25-19(15)27)26-4-6-30(28,29)7-5-26/h2-3,8-11H,4-7,22H2,1H3. The van der Waals surface area contributed by atoms with Gasteiger partial charge < -0.3 is 10.6 Å². The highest BCUT2D eigenvalue weighted by Crippen LogP contribution is 2.35. The summed E-state index contributed by atoms with van der Waals surface area (Å²) in [4.78, 5) is 11.3. The van der Waals surface area contributed by atoms with Crippen LogP contribution in [0.3, 0.4) is 0 Å². The van der Waals surface area contributed by atoms with Gasteiger partial charge in [-0.25, -0.2) is 13.4 Å². The molecule has 0 bridgehead atoms. The van der Waals surface area contributed by atoms with Gasteiger partial charge in [-0.2, -0.15) is 9.61 Å². The number of pyridine rings is 1. The largest absolute Gasteiger partial charge is 0.383 e. The molecule has 1 aliphatic heterocycles. The highest BCUT2D eigenvalue weighted by molar-refractivity contribution is 9.10. The Balaban J connectivity index is 1.65. The number of halogens is 1. The molecule has 8 nitrogen and oxygen atoms in total. The van der Waals surface area contributed by atoms with Crippen molar-refractivity contribution in [1.82, 2.24) is 19.6 Å². The molecule has 0 aliphatic carbocycles. The number of nitrogens with zero attached hydrogens (tertiary/aromatic N) is 5. The maximum absolute atomic E-state index is 11.8. The topological polar surface area (TPSA) is 106 Å². The molecular formula is C20H19BrN6O2S. The van der Waals surface area contributed by atoms with E-state index in [4.69, 9.17) is 10.7 Å². The number of aryl methyl sites for hydroxylation is 1. The van der Waals surface area contributed by atoms with Crippen molar-refractivity contribution in [1.29, 1.82) is 0 Å². The average Bonchev–Trinajstić information content (AvgIpc) is 3.14. The van der Waals surface area contributed by atoms with Crippen molar-refractivity contribution < 1.29 is 8.42 Å². The van der Waals surface area contributed by atoms with Gasteiger partial charge in [0.05, 0.1) is 23.2 Å². The lowest BCUT2D eigenvalue weighted by Crippen LogP contribution is -2.41. The number of rotatable bonds is 2. The fourth-order valence-corrected chi connectivity index (χ4v) is 5.43. The Kier molecular flexibility index (Phi) is 4.44. The Morgan fingerprint density at radius 1 is 1.13 bits per heavy atom. The highest BCUT2D eigenvalue weighted by atomic mass is 79.9. The lowest BCUT2D eigenvalue weighted by molar-refractivity contribution is 0.586. The van der Waals surface area contributed by atoms with Crippen molar-refractivity contribution in [2.75, 3.05) is 35.2 Å². The van der Waals surface area contributed by atoms with E-state index in [1.807, 2.05) is 30.2 Å². The van der Waals surface area contributed by atoms with E-state index in [2.05, 4.69) is 38.1 Å². The average molecular weight is 487 g/mol. The Bertz CT molecular complexity index is 1400. The Hall–Kier alpha value is -2.72. The van der Waals surface area contributed by atoms with Crippen molar-refractivity contribution in [2.45, 2.75) is 6.92 Å². The van der Waals surface area contributed by atoms with Gasteiger partial charge in [0.2, 0.25) is 0 Å². The predicted molar refractivity (Wildman–Crippen MR) is 121 cm³/mol. The van der Waals surface area contributed by atoms with Gasteiger partial charge in [-0.15, -0.1) is 0 Å². The van der Waals surface area contributed by atoms with Crippen molar-refractivity contribution in [3.8, 4) is 11.1 Å². The molecule has 4 heterocycles. The van der Waals surface area contributed by atoms with Crippen LogP contribution in [0, 0.1) is 6.92 Å². The normalized spacial score (nSPS) is 16.4. The quantitative estimate of drug-likeness (QED) is 0.464. The van der Waals surface area contributed by atoms with Gasteiger partial charge in [-0.05, 0) is 41.1 Å². The highest BCUT2D eigenvalue weighted by Gasteiger charge is 2.26. The van der Waals surface area contributed by atoms with Gasteiger partial charge >= 0.3 is 0 Å². The van der Waals surface area contributed by atoms with E-state index >= 15 is 0 Å². The maximum atomic E-state index is 11.8.